The molecule has 0 bridgehead atoms. The number of benzene rings is 1. The Morgan fingerprint density at radius 2 is 2.20 bits per heavy atom. The first-order valence-electron chi connectivity index (χ1n) is 7.12. The standard InChI is InChI=1S/C15H18ClFN2S/c1-3-9-4-5-13(8(9)2)19-14-7-11(17)10(16)6-12(14)18-15(19)20/h6-9,13H,3-5H2,1-2H3,(H,18,20). The zero-order valence-corrected chi connectivity index (χ0v) is 13.2. The SMILES string of the molecule is CCC1CCC(n2c(=S)[nH]c3cc(Cl)c(F)cc32)C1C. The van der Waals surface area contributed by atoms with Gasteiger partial charge >= 0.3 is 0 Å². The number of H-pyrrole nitrogens is 1. The minimum atomic E-state index is -0.389. The van der Waals surface area contributed by atoms with E-state index in [-0.39, 0.29) is 10.8 Å². The van der Waals surface area contributed by atoms with E-state index >= 15 is 0 Å². The lowest BCUT2D eigenvalue weighted by molar-refractivity contribution is 0.332. The van der Waals surface area contributed by atoms with E-state index in [0.717, 1.165) is 23.4 Å². The molecule has 1 heterocycles. The molecule has 1 aliphatic rings. The van der Waals surface area contributed by atoms with Crippen LogP contribution in [0.1, 0.15) is 39.2 Å². The number of nitrogens with one attached hydrogen (secondary N) is 1. The Labute approximate surface area is 127 Å². The molecule has 1 aromatic heterocycles. The van der Waals surface area contributed by atoms with Gasteiger partial charge in [-0.2, -0.15) is 0 Å². The third-order valence-corrected chi connectivity index (χ3v) is 5.39. The lowest BCUT2D eigenvalue weighted by atomic mass is 9.93. The smallest absolute Gasteiger partial charge is 0.178 e. The van der Waals surface area contributed by atoms with Crippen LogP contribution in [0.3, 0.4) is 0 Å². The fourth-order valence-electron chi connectivity index (χ4n) is 3.61. The Hall–Kier alpha value is -0.870. The first-order chi connectivity index (χ1) is 9.52. The zero-order valence-electron chi connectivity index (χ0n) is 11.6. The zero-order chi connectivity index (χ0) is 14.4. The average molecular weight is 313 g/mol. The molecule has 0 radical (unpaired) electrons. The van der Waals surface area contributed by atoms with Gasteiger partial charge in [0.25, 0.3) is 0 Å². The van der Waals surface area contributed by atoms with Crippen LogP contribution in [0.15, 0.2) is 12.1 Å². The number of nitrogens with zero attached hydrogens (tertiary/aromatic N) is 1. The molecule has 20 heavy (non-hydrogen) atoms. The molecule has 1 saturated carbocycles. The van der Waals surface area contributed by atoms with E-state index in [1.807, 2.05) is 0 Å². The van der Waals surface area contributed by atoms with Crippen molar-refractivity contribution >= 4 is 34.9 Å². The number of rotatable bonds is 2. The normalized spacial score (nSPS) is 26.5. The Kier molecular flexibility index (Phi) is 3.63. The minimum Gasteiger partial charge on any atom is -0.331 e. The molecule has 1 aromatic carbocycles. The van der Waals surface area contributed by atoms with Gasteiger partial charge < -0.3 is 9.55 Å². The topological polar surface area (TPSA) is 20.7 Å². The molecule has 0 aliphatic heterocycles. The van der Waals surface area contributed by atoms with E-state index in [2.05, 4.69) is 23.4 Å². The number of aromatic nitrogens is 2. The van der Waals surface area contributed by atoms with Crippen LogP contribution in [0.25, 0.3) is 11.0 Å². The number of halogens is 2. The molecule has 3 atom stereocenters. The Morgan fingerprint density at radius 1 is 1.45 bits per heavy atom. The third kappa shape index (κ3) is 2.09. The lowest BCUT2D eigenvalue weighted by Gasteiger charge is -2.21. The summed E-state index contributed by atoms with van der Waals surface area (Å²) in [7, 11) is 0. The van der Waals surface area contributed by atoms with Gasteiger partial charge in [0.1, 0.15) is 5.82 Å². The van der Waals surface area contributed by atoms with E-state index < -0.39 is 0 Å². The van der Waals surface area contributed by atoms with E-state index in [0.29, 0.717) is 16.7 Å². The molecule has 108 valence electrons. The lowest BCUT2D eigenvalue weighted by Crippen LogP contribution is -2.15. The van der Waals surface area contributed by atoms with Gasteiger partial charge in [0.2, 0.25) is 0 Å². The maximum Gasteiger partial charge on any atom is 0.178 e. The van der Waals surface area contributed by atoms with E-state index in [1.165, 1.54) is 18.9 Å². The van der Waals surface area contributed by atoms with Crippen molar-refractivity contribution in [1.29, 1.82) is 0 Å². The van der Waals surface area contributed by atoms with Crippen molar-refractivity contribution in [1.82, 2.24) is 9.55 Å². The van der Waals surface area contributed by atoms with Crippen LogP contribution in [-0.4, -0.2) is 9.55 Å². The molecule has 1 N–H and O–H groups in total. The van der Waals surface area contributed by atoms with Gasteiger partial charge in [-0.15, -0.1) is 0 Å². The van der Waals surface area contributed by atoms with Crippen molar-refractivity contribution in [2.45, 2.75) is 39.2 Å². The van der Waals surface area contributed by atoms with Crippen LogP contribution in [0.2, 0.25) is 5.02 Å². The summed E-state index contributed by atoms with van der Waals surface area (Å²) >= 11 is 11.3. The van der Waals surface area contributed by atoms with Gasteiger partial charge in [0.05, 0.1) is 16.1 Å². The first kappa shape index (κ1) is 14.1. The van der Waals surface area contributed by atoms with Crippen molar-refractivity contribution in [3.8, 4) is 0 Å². The summed E-state index contributed by atoms with van der Waals surface area (Å²) in [6.07, 6.45) is 3.51. The van der Waals surface area contributed by atoms with E-state index in [9.17, 15) is 4.39 Å². The highest BCUT2D eigenvalue weighted by Crippen LogP contribution is 2.43. The summed E-state index contributed by atoms with van der Waals surface area (Å²) in [6, 6.07) is 3.47. The second-order valence-electron chi connectivity index (χ2n) is 5.76. The number of fused-ring (bicyclic) bond motifs is 1. The van der Waals surface area contributed by atoms with Gasteiger partial charge in [0.15, 0.2) is 4.77 Å². The quantitative estimate of drug-likeness (QED) is 0.727. The molecule has 3 unspecified atom stereocenters. The number of hydrogen-bond donors (Lipinski definition) is 1. The van der Waals surface area contributed by atoms with E-state index in [1.54, 1.807) is 6.07 Å². The molecule has 0 amide bonds. The molecule has 0 saturated heterocycles. The van der Waals surface area contributed by atoms with Crippen molar-refractivity contribution in [3.05, 3.63) is 27.7 Å². The fraction of sp³-hybridized carbons (Fsp3) is 0.533. The van der Waals surface area contributed by atoms with Crippen LogP contribution in [0, 0.1) is 22.4 Å². The van der Waals surface area contributed by atoms with E-state index in [4.69, 9.17) is 23.8 Å². The van der Waals surface area contributed by atoms with Crippen LogP contribution in [0.4, 0.5) is 4.39 Å². The van der Waals surface area contributed by atoms with Crippen molar-refractivity contribution in [3.63, 3.8) is 0 Å². The monoisotopic (exact) mass is 312 g/mol. The van der Waals surface area contributed by atoms with Gasteiger partial charge in [-0.05, 0) is 43.0 Å². The highest BCUT2D eigenvalue weighted by molar-refractivity contribution is 7.71. The highest BCUT2D eigenvalue weighted by Gasteiger charge is 2.33. The van der Waals surface area contributed by atoms with Crippen molar-refractivity contribution < 1.29 is 4.39 Å². The average Bonchev–Trinajstić information content (AvgIpc) is 2.90. The summed E-state index contributed by atoms with van der Waals surface area (Å²) in [6.45, 7) is 4.51. The number of imidazole rings is 1. The van der Waals surface area contributed by atoms with Gasteiger partial charge in [-0.1, -0.05) is 31.9 Å². The number of aromatic amines is 1. The second kappa shape index (κ2) is 5.15. The molecule has 5 heteroatoms. The van der Waals surface area contributed by atoms with Crippen LogP contribution in [0.5, 0.6) is 0 Å². The first-order valence-corrected chi connectivity index (χ1v) is 7.90. The minimum absolute atomic E-state index is 0.131. The molecule has 0 spiro atoms. The Morgan fingerprint density at radius 3 is 2.85 bits per heavy atom. The maximum absolute atomic E-state index is 13.8. The Bertz CT molecular complexity index is 706. The molecule has 2 aromatic rings. The van der Waals surface area contributed by atoms with Gasteiger partial charge in [-0.3, -0.25) is 0 Å². The summed E-state index contributed by atoms with van der Waals surface area (Å²) in [5.74, 6) is 0.896. The van der Waals surface area contributed by atoms with Gasteiger partial charge in [0, 0.05) is 12.1 Å². The van der Waals surface area contributed by atoms with Crippen LogP contribution in [-0.2, 0) is 0 Å². The molecular formula is C15H18ClFN2S. The maximum atomic E-state index is 13.8. The fourth-order valence-corrected chi connectivity index (χ4v) is 4.12. The molecule has 1 fully saturated rings. The van der Waals surface area contributed by atoms with Crippen LogP contribution < -0.4 is 0 Å². The summed E-state index contributed by atoms with van der Waals surface area (Å²) in [5, 5.41) is 0.131. The third-order valence-electron chi connectivity index (χ3n) is 4.80. The van der Waals surface area contributed by atoms with Crippen LogP contribution >= 0.6 is 23.8 Å². The number of hydrogen-bond acceptors (Lipinski definition) is 1. The Balaban J connectivity index is 2.14. The second-order valence-corrected chi connectivity index (χ2v) is 6.55. The molecule has 3 rings (SSSR count). The summed E-state index contributed by atoms with van der Waals surface area (Å²) in [4.78, 5) is 3.15. The van der Waals surface area contributed by atoms with Crippen molar-refractivity contribution in [2.75, 3.05) is 0 Å². The summed E-state index contributed by atoms with van der Waals surface area (Å²) < 4.78 is 16.5. The molecular weight excluding hydrogens is 295 g/mol. The largest absolute Gasteiger partial charge is 0.331 e. The van der Waals surface area contributed by atoms with Crippen molar-refractivity contribution in [2.24, 2.45) is 11.8 Å². The predicted octanol–water partition coefficient (Wildman–Crippen LogP) is 5.49. The summed E-state index contributed by atoms with van der Waals surface area (Å²) in [5.41, 5.74) is 1.64. The molecule has 2 nitrogen and oxygen atoms in total. The predicted molar refractivity (Wildman–Crippen MR) is 83.3 cm³/mol. The molecule has 1 aliphatic carbocycles. The van der Waals surface area contributed by atoms with Gasteiger partial charge in [-0.25, -0.2) is 4.39 Å². The highest BCUT2D eigenvalue weighted by atomic mass is 35.5.